The lowest BCUT2D eigenvalue weighted by atomic mass is 10.3. The number of aromatic nitrogens is 2. The molecule has 0 aliphatic carbocycles. The van der Waals surface area contributed by atoms with E-state index in [1.54, 1.807) is 6.26 Å². The first-order chi connectivity index (χ1) is 7.77. The smallest absolute Gasteiger partial charge is 0.146 e. The van der Waals surface area contributed by atoms with E-state index in [4.69, 9.17) is 10.2 Å². The van der Waals surface area contributed by atoms with Crippen molar-refractivity contribution in [2.45, 2.75) is 0 Å². The standard InChI is InChI=1S/C12H11N3O/c1-15-11-5-3-2-4-10(11)14-12(15)8-6-16-7-9(8)13/h2-7H,13H2,1H3. The predicted octanol–water partition coefficient (Wildman–Crippen LogP) is 2.42. The SMILES string of the molecule is Cn1c(-c2cocc2N)nc2ccccc21. The maximum atomic E-state index is 5.82. The Kier molecular flexibility index (Phi) is 1.77. The Hall–Kier alpha value is -2.23. The molecular formula is C12H11N3O. The van der Waals surface area contributed by atoms with Crippen molar-refractivity contribution < 1.29 is 4.42 Å². The summed E-state index contributed by atoms with van der Waals surface area (Å²) in [6.07, 6.45) is 3.14. The number of fused-ring (bicyclic) bond motifs is 1. The van der Waals surface area contributed by atoms with Crippen molar-refractivity contribution in [2.24, 2.45) is 7.05 Å². The van der Waals surface area contributed by atoms with Crippen molar-refractivity contribution in [1.82, 2.24) is 9.55 Å². The summed E-state index contributed by atoms with van der Waals surface area (Å²) in [7, 11) is 1.97. The number of imidazole rings is 1. The third kappa shape index (κ3) is 1.13. The molecule has 2 heterocycles. The summed E-state index contributed by atoms with van der Waals surface area (Å²) in [6.45, 7) is 0. The second kappa shape index (κ2) is 3.13. The first-order valence-corrected chi connectivity index (χ1v) is 5.01. The summed E-state index contributed by atoms with van der Waals surface area (Å²) in [4.78, 5) is 4.54. The fourth-order valence-corrected chi connectivity index (χ4v) is 1.88. The first-order valence-electron chi connectivity index (χ1n) is 5.01. The molecular weight excluding hydrogens is 202 g/mol. The molecule has 0 amide bonds. The lowest BCUT2D eigenvalue weighted by Gasteiger charge is -1.99. The lowest BCUT2D eigenvalue weighted by molar-refractivity contribution is 0.569. The number of furan rings is 1. The molecule has 2 aromatic heterocycles. The van der Waals surface area contributed by atoms with Gasteiger partial charge in [-0.25, -0.2) is 4.98 Å². The van der Waals surface area contributed by atoms with E-state index in [0.717, 1.165) is 22.4 Å². The molecule has 0 radical (unpaired) electrons. The number of benzene rings is 1. The van der Waals surface area contributed by atoms with Crippen LogP contribution >= 0.6 is 0 Å². The molecule has 0 aliphatic rings. The van der Waals surface area contributed by atoms with Crippen LogP contribution in [-0.4, -0.2) is 9.55 Å². The largest absolute Gasteiger partial charge is 0.470 e. The number of para-hydroxylation sites is 2. The van der Waals surface area contributed by atoms with E-state index >= 15 is 0 Å². The zero-order valence-electron chi connectivity index (χ0n) is 8.84. The Morgan fingerprint density at radius 2 is 2.06 bits per heavy atom. The van der Waals surface area contributed by atoms with Gasteiger partial charge >= 0.3 is 0 Å². The highest BCUT2D eigenvalue weighted by Crippen LogP contribution is 2.28. The quantitative estimate of drug-likeness (QED) is 0.675. The van der Waals surface area contributed by atoms with Crippen molar-refractivity contribution in [1.29, 1.82) is 0 Å². The number of nitrogen functional groups attached to an aromatic ring is 1. The molecule has 3 rings (SSSR count). The van der Waals surface area contributed by atoms with Gasteiger partial charge in [-0.05, 0) is 12.1 Å². The maximum absolute atomic E-state index is 5.82. The van der Waals surface area contributed by atoms with Crippen LogP contribution in [0.15, 0.2) is 41.2 Å². The second-order valence-electron chi connectivity index (χ2n) is 3.72. The molecule has 0 saturated carbocycles. The number of hydrogen-bond donors (Lipinski definition) is 1. The van der Waals surface area contributed by atoms with Crippen molar-refractivity contribution in [3.05, 3.63) is 36.8 Å². The van der Waals surface area contributed by atoms with Gasteiger partial charge in [-0.1, -0.05) is 12.1 Å². The molecule has 0 spiro atoms. The summed E-state index contributed by atoms with van der Waals surface area (Å²) in [6, 6.07) is 7.97. The summed E-state index contributed by atoms with van der Waals surface area (Å²) in [5, 5.41) is 0. The van der Waals surface area contributed by atoms with Crippen molar-refractivity contribution in [3.63, 3.8) is 0 Å². The van der Waals surface area contributed by atoms with Gasteiger partial charge in [-0.3, -0.25) is 0 Å². The topological polar surface area (TPSA) is 57.0 Å². The zero-order valence-corrected chi connectivity index (χ0v) is 8.84. The molecule has 4 nitrogen and oxygen atoms in total. The third-order valence-electron chi connectivity index (χ3n) is 2.72. The lowest BCUT2D eigenvalue weighted by Crippen LogP contribution is -1.93. The Labute approximate surface area is 92.3 Å². The number of rotatable bonds is 1. The van der Waals surface area contributed by atoms with Gasteiger partial charge in [-0.2, -0.15) is 0 Å². The van der Waals surface area contributed by atoms with Crippen LogP contribution in [0.1, 0.15) is 0 Å². The highest BCUT2D eigenvalue weighted by Gasteiger charge is 2.13. The van der Waals surface area contributed by atoms with Gasteiger partial charge in [0.25, 0.3) is 0 Å². The molecule has 16 heavy (non-hydrogen) atoms. The molecule has 2 N–H and O–H groups in total. The van der Waals surface area contributed by atoms with Gasteiger partial charge in [0, 0.05) is 7.05 Å². The van der Waals surface area contributed by atoms with Crippen LogP contribution in [0.3, 0.4) is 0 Å². The molecule has 1 aromatic carbocycles. The molecule has 0 atom stereocenters. The van der Waals surface area contributed by atoms with Gasteiger partial charge in [0.1, 0.15) is 18.4 Å². The third-order valence-corrected chi connectivity index (χ3v) is 2.72. The highest BCUT2D eigenvalue weighted by molar-refractivity contribution is 5.82. The Morgan fingerprint density at radius 3 is 2.75 bits per heavy atom. The molecule has 0 bridgehead atoms. The van der Waals surface area contributed by atoms with E-state index in [9.17, 15) is 0 Å². The Balaban J connectivity index is 2.33. The van der Waals surface area contributed by atoms with Crippen LogP contribution in [0.5, 0.6) is 0 Å². The summed E-state index contributed by atoms with van der Waals surface area (Å²) < 4.78 is 7.08. The molecule has 4 heteroatoms. The number of anilines is 1. The number of nitrogens with zero attached hydrogens (tertiary/aromatic N) is 2. The Morgan fingerprint density at radius 1 is 1.25 bits per heavy atom. The van der Waals surface area contributed by atoms with Crippen LogP contribution in [0.25, 0.3) is 22.4 Å². The Bertz CT molecular complexity index is 651. The minimum absolute atomic E-state index is 0.610. The minimum atomic E-state index is 0.610. The zero-order chi connectivity index (χ0) is 11.1. The molecule has 0 unspecified atom stereocenters. The number of nitrogens with two attached hydrogens (primary N) is 1. The summed E-state index contributed by atoms with van der Waals surface area (Å²) in [5.41, 5.74) is 9.30. The predicted molar refractivity (Wildman–Crippen MR) is 62.8 cm³/mol. The van der Waals surface area contributed by atoms with Crippen LogP contribution in [0.4, 0.5) is 5.69 Å². The molecule has 0 fully saturated rings. The van der Waals surface area contributed by atoms with E-state index in [1.807, 2.05) is 35.9 Å². The van der Waals surface area contributed by atoms with E-state index < -0.39 is 0 Å². The molecule has 0 aliphatic heterocycles. The fraction of sp³-hybridized carbons (Fsp3) is 0.0833. The normalized spacial score (nSPS) is 11.1. The summed E-state index contributed by atoms with van der Waals surface area (Å²) in [5.74, 6) is 0.826. The van der Waals surface area contributed by atoms with Crippen molar-refractivity contribution in [3.8, 4) is 11.4 Å². The van der Waals surface area contributed by atoms with Gasteiger partial charge in [-0.15, -0.1) is 0 Å². The van der Waals surface area contributed by atoms with E-state index in [-0.39, 0.29) is 0 Å². The average Bonchev–Trinajstić information content (AvgIpc) is 2.84. The highest BCUT2D eigenvalue weighted by atomic mass is 16.3. The van der Waals surface area contributed by atoms with Crippen molar-refractivity contribution in [2.75, 3.05) is 5.73 Å². The first kappa shape index (κ1) is 9.03. The number of aryl methyl sites for hydroxylation is 1. The van der Waals surface area contributed by atoms with Crippen LogP contribution in [-0.2, 0) is 7.05 Å². The van der Waals surface area contributed by atoms with E-state index in [1.165, 1.54) is 6.26 Å². The van der Waals surface area contributed by atoms with Crippen LogP contribution < -0.4 is 5.73 Å². The minimum Gasteiger partial charge on any atom is -0.470 e. The summed E-state index contributed by atoms with van der Waals surface area (Å²) >= 11 is 0. The van der Waals surface area contributed by atoms with Gasteiger partial charge in [0.2, 0.25) is 0 Å². The number of hydrogen-bond acceptors (Lipinski definition) is 3. The second-order valence-corrected chi connectivity index (χ2v) is 3.72. The van der Waals surface area contributed by atoms with E-state index in [2.05, 4.69) is 4.98 Å². The fourth-order valence-electron chi connectivity index (χ4n) is 1.88. The maximum Gasteiger partial charge on any atom is 0.146 e. The van der Waals surface area contributed by atoms with Gasteiger partial charge in [0.05, 0.1) is 22.3 Å². The monoisotopic (exact) mass is 213 g/mol. The van der Waals surface area contributed by atoms with Crippen LogP contribution in [0.2, 0.25) is 0 Å². The van der Waals surface area contributed by atoms with E-state index in [0.29, 0.717) is 5.69 Å². The van der Waals surface area contributed by atoms with Crippen molar-refractivity contribution >= 4 is 16.7 Å². The van der Waals surface area contributed by atoms with Gasteiger partial charge in [0.15, 0.2) is 0 Å². The van der Waals surface area contributed by atoms with Gasteiger partial charge < -0.3 is 14.7 Å². The van der Waals surface area contributed by atoms with Crippen LogP contribution in [0, 0.1) is 0 Å². The molecule has 3 aromatic rings. The average molecular weight is 213 g/mol. The molecule has 80 valence electrons. The molecule has 0 saturated heterocycles.